The van der Waals surface area contributed by atoms with E-state index < -0.39 is 16.0 Å². The van der Waals surface area contributed by atoms with Gasteiger partial charge in [-0.2, -0.15) is 13.7 Å². The summed E-state index contributed by atoms with van der Waals surface area (Å²) in [6.07, 6.45) is 2.66. The van der Waals surface area contributed by atoms with Gasteiger partial charge in [-0.25, -0.2) is 0 Å². The fourth-order valence-electron chi connectivity index (χ4n) is 3.07. The Morgan fingerprint density at radius 3 is 2.56 bits per heavy atom. The molecule has 0 saturated carbocycles. The first-order chi connectivity index (χ1) is 11.7. The number of amides is 1. The van der Waals surface area contributed by atoms with Crippen LogP contribution in [0.2, 0.25) is 0 Å². The second kappa shape index (κ2) is 7.68. The minimum Gasteiger partial charge on any atom is -0.376 e. The Morgan fingerprint density at radius 2 is 2.00 bits per heavy atom. The molecule has 2 atom stereocenters. The molecule has 2 N–H and O–H groups in total. The summed E-state index contributed by atoms with van der Waals surface area (Å²) in [5.74, 6) is 0.338. The predicted molar refractivity (Wildman–Crippen MR) is 93.1 cm³/mol. The summed E-state index contributed by atoms with van der Waals surface area (Å²) in [6.45, 7) is 5.81. The van der Waals surface area contributed by atoms with Gasteiger partial charge in [-0.15, -0.1) is 0 Å². The van der Waals surface area contributed by atoms with Crippen molar-refractivity contribution in [2.24, 2.45) is 11.8 Å². The molecule has 2 unspecified atom stereocenters. The van der Waals surface area contributed by atoms with Gasteiger partial charge in [0.05, 0.1) is 4.90 Å². The van der Waals surface area contributed by atoms with Crippen molar-refractivity contribution in [2.75, 3.05) is 18.4 Å². The standard InChI is InChI=1S/C17H21N3O4S/c1-12-6-13(2)10-20(9-12)11-14(8-18)17(21)19-15-4-3-5-16(7-15)25(22,23)24/h3-5,7,11-13H,6,9-10H2,1-2H3,(H,19,21)(H,22,23,24)/b14-11-. The second-order valence-corrected chi connectivity index (χ2v) is 7.93. The molecule has 2 rings (SSSR count). The third-order valence-corrected chi connectivity index (χ3v) is 4.81. The van der Waals surface area contributed by atoms with Crippen molar-refractivity contribution in [3.05, 3.63) is 36.0 Å². The minimum absolute atomic E-state index is 0.0569. The van der Waals surface area contributed by atoms with E-state index in [1.54, 1.807) is 6.20 Å². The van der Waals surface area contributed by atoms with E-state index >= 15 is 0 Å². The number of carbonyl (C=O) groups is 1. The summed E-state index contributed by atoms with van der Waals surface area (Å²) in [5.41, 5.74) is 0.125. The van der Waals surface area contributed by atoms with Crippen LogP contribution in [0.3, 0.4) is 0 Å². The Balaban J connectivity index is 2.15. The smallest absolute Gasteiger partial charge is 0.294 e. The Labute approximate surface area is 147 Å². The fourth-order valence-corrected chi connectivity index (χ4v) is 3.60. The van der Waals surface area contributed by atoms with E-state index in [1.807, 2.05) is 11.0 Å². The summed E-state index contributed by atoms with van der Waals surface area (Å²) in [7, 11) is -4.36. The number of nitriles is 1. The zero-order valence-electron chi connectivity index (χ0n) is 14.1. The van der Waals surface area contributed by atoms with Gasteiger partial charge in [0.2, 0.25) is 0 Å². The molecule has 8 heteroatoms. The van der Waals surface area contributed by atoms with E-state index in [9.17, 15) is 18.5 Å². The number of rotatable bonds is 4. The number of nitrogens with one attached hydrogen (secondary N) is 1. The monoisotopic (exact) mass is 363 g/mol. The lowest BCUT2D eigenvalue weighted by Gasteiger charge is -2.34. The van der Waals surface area contributed by atoms with Crippen LogP contribution < -0.4 is 5.32 Å². The average Bonchev–Trinajstić information content (AvgIpc) is 2.51. The third kappa shape index (κ3) is 5.31. The maximum atomic E-state index is 12.3. The molecule has 1 aromatic rings. The topological polar surface area (TPSA) is 111 Å². The van der Waals surface area contributed by atoms with Crippen LogP contribution in [0.1, 0.15) is 20.3 Å². The molecule has 134 valence electrons. The van der Waals surface area contributed by atoms with Gasteiger partial charge in [0.25, 0.3) is 16.0 Å². The SMILES string of the molecule is CC1CC(C)CN(/C=C(/C#N)C(=O)Nc2cccc(S(=O)(=O)O)c2)C1. The number of hydrogen-bond acceptors (Lipinski definition) is 5. The van der Waals surface area contributed by atoms with E-state index in [2.05, 4.69) is 19.2 Å². The lowest BCUT2D eigenvalue weighted by Crippen LogP contribution is -2.35. The first-order valence-electron chi connectivity index (χ1n) is 7.94. The molecule has 1 aliphatic heterocycles. The van der Waals surface area contributed by atoms with Crippen molar-refractivity contribution >= 4 is 21.7 Å². The van der Waals surface area contributed by atoms with Crippen molar-refractivity contribution in [1.29, 1.82) is 5.26 Å². The second-order valence-electron chi connectivity index (χ2n) is 6.51. The van der Waals surface area contributed by atoms with Crippen molar-refractivity contribution in [3.8, 4) is 6.07 Å². The third-order valence-electron chi connectivity index (χ3n) is 3.96. The van der Waals surface area contributed by atoms with Crippen LogP contribution in [0, 0.1) is 23.2 Å². The first kappa shape index (κ1) is 19.0. The Morgan fingerprint density at radius 1 is 1.36 bits per heavy atom. The highest BCUT2D eigenvalue weighted by Gasteiger charge is 2.21. The highest BCUT2D eigenvalue weighted by molar-refractivity contribution is 7.85. The molecule has 1 saturated heterocycles. The molecular weight excluding hydrogens is 342 g/mol. The summed E-state index contributed by atoms with van der Waals surface area (Å²) in [5, 5.41) is 11.8. The molecule has 1 aromatic carbocycles. The fraction of sp³-hybridized carbons (Fsp3) is 0.412. The van der Waals surface area contributed by atoms with Crippen molar-refractivity contribution in [1.82, 2.24) is 4.90 Å². The molecule has 1 fully saturated rings. The van der Waals surface area contributed by atoms with Crippen molar-refractivity contribution in [2.45, 2.75) is 25.2 Å². The molecule has 1 amide bonds. The first-order valence-corrected chi connectivity index (χ1v) is 9.38. The van der Waals surface area contributed by atoms with Crippen LogP contribution in [-0.2, 0) is 14.9 Å². The van der Waals surface area contributed by atoms with E-state index in [0.717, 1.165) is 25.6 Å². The molecule has 0 spiro atoms. The summed E-state index contributed by atoms with van der Waals surface area (Å²) < 4.78 is 31.4. The molecule has 7 nitrogen and oxygen atoms in total. The van der Waals surface area contributed by atoms with Crippen LogP contribution in [-0.4, -0.2) is 36.9 Å². The number of benzene rings is 1. The van der Waals surface area contributed by atoms with E-state index in [0.29, 0.717) is 11.8 Å². The minimum atomic E-state index is -4.36. The molecular formula is C17H21N3O4S. The molecule has 25 heavy (non-hydrogen) atoms. The van der Waals surface area contributed by atoms with Gasteiger partial charge in [0, 0.05) is 25.0 Å². The zero-order valence-corrected chi connectivity index (χ0v) is 15.0. The molecule has 1 heterocycles. The maximum absolute atomic E-state index is 12.3. The summed E-state index contributed by atoms with van der Waals surface area (Å²) in [4.78, 5) is 13.9. The maximum Gasteiger partial charge on any atom is 0.294 e. The number of anilines is 1. The molecule has 0 radical (unpaired) electrons. The predicted octanol–water partition coefficient (Wildman–Crippen LogP) is 2.26. The zero-order chi connectivity index (χ0) is 18.6. The van der Waals surface area contributed by atoms with Crippen molar-refractivity contribution in [3.63, 3.8) is 0 Å². The molecule has 0 aliphatic carbocycles. The highest BCUT2D eigenvalue weighted by Crippen LogP contribution is 2.22. The molecule has 1 aliphatic rings. The number of hydrogen-bond donors (Lipinski definition) is 2. The number of likely N-dealkylation sites (tertiary alicyclic amines) is 1. The van der Waals surface area contributed by atoms with Gasteiger partial charge in [-0.1, -0.05) is 19.9 Å². The van der Waals surface area contributed by atoms with Gasteiger partial charge in [-0.05, 0) is 36.5 Å². The van der Waals surface area contributed by atoms with Crippen LogP contribution in [0.5, 0.6) is 0 Å². The van der Waals surface area contributed by atoms with Crippen LogP contribution in [0.25, 0.3) is 0 Å². The number of nitrogens with zero attached hydrogens (tertiary/aromatic N) is 2. The van der Waals surface area contributed by atoms with Crippen molar-refractivity contribution < 1.29 is 17.8 Å². The number of carbonyl (C=O) groups excluding carboxylic acids is 1. The largest absolute Gasteiger partial charge is 0.376 e. The van der Waals surface area contributed by atoms with Crippen LogP contribution in [0.4, 0.5) is 5.69 Å². The quantitative estimate of drug-likeness (QED) is 0.482. The van der Waals surface area contributed by atoms with E-state index in [4.69, 9.17) is 4.55 Å². The van der Waals surface area contributed by atoms with Gasteiger partial charge in [0.15, 0.2) is 0 Å². The normalized spacial score (nSPS) is 21.5. The van der Waals surface area contributed by atoms with Gasteiger partial charge in [-0.3, -0.25) is 9.35 Å². The Hall–Kier alpha value is -2.37. The van der Waals surface area contributed by atoms with Gasteiger partial charge >= 0.3 is 0 Å². The Bertz CT molecular complexity index is 817. The lowest BCUT2D eigenvalue weighted by molar-refractivity contribution is -0.112. The highest BCUT2D eigenvalue weighted by atomic mass is 32.2. The molecule has 0 bridgehead atoms. The Kier molecular flexibility index (Phi) is 5.82. The van der Waals surface area contributed by atoms with Gasteiger partial charge < -0.3 is 10.2 Å². The summed E-state index contributed by atoms with van der Waals surface area (Å²) in [6, 6.07) is 7.10. The van der Waals surface area contributed by atoms with Gasteiger partial charge in [0.1, 0.15) is 11.6 Å². The average molecular weight is 363 g/mol. The van der Waals surface area contributed by atoms with Crippen LogP contribution in [0.15, 0.2) is 40.9 Å². The summed E-state index contributed by atoms with van der Waals surface area (Å²) >= 11 is 0. The van der Waals surface area contributed by atoms with E-state index in [1.165, 1.54) is 18.2 Å². The van der Waals surface area contributed by atoms with E-state index in [-0.39, 0.29) is 16.2 Å². The number of piperidine rings is 1. The molecule has 0 aromatic heterocycles. The lowest BCUT2D eigenvalue weighted by atomic mass is 9.92. The van der Waals surface area contributed by atoms with Crippen LogP contribution >= 0.6 is 0 Å².